The lowest BCUT2D eigenvalue weighted by Crippen LogP contribution is -2.38. The number of benzene rings is 2. The van der Waals surface area contributed by atoms with Crippen LogP contribution in [0.15, 0.2) is 36.4 Å². The molecule has 4 rings (SSSR count). The lowest BCUT2D eigenvalue weighted by atomic mass is 9.85. The van der Waals surface area contributed by atoms with Crippen LogP contribution >= 0.6 is 0 Å². The molecule has 2 heterocycles. The lowest BCUT2D eigenvalue weighted by molar-refractivity contribution is -0.136. The Kier molecular flexibility index (Phi) is 5.06. The van der Waals surface area contributed by atoms with Crippen molar-refractivity contribution in [3.63, 3.8) is 0 Å². The van der Waals surface area contributed by atoms with Gasteiger partial charge in [-0.15, -0.1) is 0 Å². The molecule has 2 aromatic rings. The number of methoxy groups -OCH3 is 2. The quantitative estimate of drug-likeness (QED) is 0.786. The number of rotatable bonds is 6. The van der Waals surface area contributed by atoms with Crippen molar-refractivity contribution in [3.8, 4) is 5.75 Å². The summed E-state index contributed by atoms with van der Waals surface area (Å²) in [5.41, 5.74) is 1.13. The van der Waals surface area contributed by atoms with Crippen molar-refractivity contribution in [1.29, 1.82) is 0 Å². The Bertz CT molecular complexity index is 837. The largest absolute Gasteiger partial charge is 0.497 e. The maximum absolute atomic E-state index is 12.9. The monoisotopic (exact) mass is 368 g/mol. The van der Waals surface area contributed by atoms with E-state index in [2.05, 4.69) is 35.2 Å². The first-order valence-electron chi connectivity index (χ1n) is 9.71. The number of hydrogen-bond acceptors (Lipinski definition) is 4. The molecule has 5 heteroatoms. The van der Waals surface area contributed by atoms with E-state index in [0.29, 0.717) is 19.1 Å². The average molecular weight is 368 g/mol. The molecule has 2 saturated heterocycles. The van der Waals surface area contributed by atoms with Gasteiger partial charge in [-0.1, -0.05) is 18.2 Å². The second kappa shape index (κ2) is 7.49. The Labute approximate surface area is 160 Å². The van der Waals surface area contributed by atoms with E-state index in [1.807, 2.05) is 11.0 Å². The highest BCUT2D eigenvalue weighted by Crippen LogP contribution is 2.41. The summed E-state index contributed by atoms with van der Waals surface area (Å²) in [7, 11) is 3.38. The molecule has 144 valence electrons. The number of amides is 1. The van der Waals surface area contributed by atoms with E-state index in [-0.39, 0.29) is 5.41 Å². The molecule has 2 fully saturated rings. The van der Waals surface area contributed by atoms with Gasteiger partial charge in [-0.3, -0.25) is 9.69 Å². The Balaban J connectivity index is 1.43. The summed E-state index contributed by atoms with van der Waals surface area (Å²) in [5.74, 6) is 1.21. The average Bonchev–Trinajstić information content (AvgIpc) is 3.24. The van der Waals surface area contributed by atoms with Gasteiger partial charge >= 0.3 is 0 Å². The SMILES string of the molecule is COCCN1CCC2(CCN(Cc3ccc4cc(OC)ccc4c3)C2)C1=O. The minimum atomic E-state index is -0.169. The number of ether oxygens (including phenoxy) is 2. The second-order valence-corrected chi connectivity index (χ2v) is 7.82. The van der Waals surface area contributed by atoms with Crippen LogP contribution in [-0.2, 0) is 16.1 Å². The van der Waals surface area contributed by atoms with Crippen LogP contribution in [0.1, 0.15) is 18.4 Å². The van der Waals surface area contributed by atoms with Crippen molar-refractivity contribution in [2.75, 3.05) is 47.0 Å². The van der Waals surface area contributed by atoms with Gasteiger partial charge in [-0.2, -0.15) is 0 Å². The normalized spacial score (nSPS) is 23.0. The van der Waals surface area contributed by atoms with Gasteiger partial charge in [0.2, 0.25) is 5.91 Å². The van der Waals surface area contributed by atoms with Gasteiger partial charge in [0.15, 0.2) is 0 Å². The van der Waals surface area contributed by atoms with E-state index < -0.39 is 0 Å². The summed E-state index contributed by atoms with van der Waals surface area (Å²) in [6.07, 6.45) is 1.95. The number of carbonyl (C=O) groups is 1. The van der Waals surface area contributed by atoms with Crippen molar-refractivity contribution in [1.82, 2.24) is 9.80 Å². The molecule has 27 heavy (non-hydrogen) atoms. The molecule has 1 amide bonds. The van der Waals surface area contributed by atoms with E-state index in [4.69, 9.17) is 9.47 Å². The molecule has 0 saturated carbocycles. The molecule has 0 radical (unpaired) electrons. The summed E-state index contributed by atoms with van der Waals surface area (Å²) in [6, 6.07) is 12.8. The molecule has 1 atom stereocenters. The highest BCUT2D eigenvalue weighted by molar-refractivity contribution is 5.86. The summed E-state index contributed by atoms with van der Waals surface area (Å²) in [4.78, 5) is 17.3. The van der Waals surface area contributed by atoms with Crippen molar-refractivity contribution in [2.24, 2.45) is 5.41 Å². The van der Waals surface area contributed by atoms with Crippen molar-refractivity contribution in [2.45, 2.75) is 19.4 Å². The maximum atomic E-state index is 12.9. The molecule has 0 aliphatic carbocycles. The van der Waals surface area contributed by atoms with E-state index in [0.717, 1.165) is 44.8 Å². The minimum Gasteiger partial charge on any atom is -0.497 e. The molecule has 0 N–H and O–H groups in total. The summed E-state index contributed by atoms with van der Waals surface area (Å²) in [5, 5.41) is 2.42. The zero-order valence-corrected chi connectivity index (χ0v) is 16.2. The summed E-state index contributed by atoms with van der Waals surface area (Å²) < 4.78 is 10.4. The first kappa shape index (κ1) is 18.3. The zero-order chi connectivity index (χ0) is 18.9. The van der Waals surface area contributed by atoms with Gasteiger partial charge in [-0.25, -0.2) is 0 Å². The fourth-order valence-corrected chi connectivity index (χ4v) is 4.54. The molecule has 1 unspecified atom stereocenters. The molecule has 0 bridgehead atoms. The van der Waals surface area contributed by atoms with Crippen LogP contribution in [0.4, 0.5) is 0 Å². The predicted octanol–water partition coefficient (Wildman–Crippen LogP) is 2.92. The molecular formula is C22H28N2O3. The van der Waals surface area contributed by atoms with Gasteiger partial charge < -0.3 is 14.4 Å². The fourth-order valence-electron chi connectivity index (χ4n) is 4.54. The summed E-state index contributed by atoms with van der Waals surface area (Å²) >= 11 is 0. The molecule has 2 aliphatic heterocycles. The third kappa shape index (κ3) is 3.54. The minimum absolute atomic E-state index is 0.169. The first-order valence-corrected chi connectivity index (χ1v) is 9.71. The van der Waals surface area contributed by atoms with Gasteiger partial charge in [0.1, 0.15) is 5.75 Å². The third-order valence-electron chi connectivity index (χ3n) is 6.12. The zero-order valence-electron chi connectivity index (χ0n) is 16.2. The molecule has 2 aliphatic rings. The van der Waals surface area contributed by atoms with Crippen LogP contribution in [0, 0.1) is 5.41 Å². The highest BCUT2D eigenvalue weighted by Gasteiger charge is 2.50. The number of nitrogens with zero attached hydrogens (tertiary/aromatic N) is 2. The predicted molar refractivity (Wildman–Crippen MR) is 106 cm³/mol. The topological polar surface area (TPSA) is 42.0 Å². The van der Waals surface area contributed by atoms with E-state index in [1.54, 1.807) is 14.2 Å². The standard InChI is InChI=1S/C22H28N2O3/c1-26-12-11-24-10-8-22(21(24)25)7-9-23(16-22)15-17-3-4-19-14-20(27-2)6-5-18(19)13-17/h3-6,13-14H,7-12,15-16H2,1-2H3. The molecule has 0 aromatic heterocycles. The number of likely N-dealkylation sites (tertiary alicyclic amines) is 2. The van der Waals surface area contributed by atoms with Crippen LogP contribution in [0.3, 0.4) is 0 Å². The van der Waals surface area contributed by atoms with Crippen LogP contribution in [0.5, 0.6) is 5.75 Å². The maximum Gasteiger partial charge on any atom is 0.230 e. The second-order valence-electron chi connectivity index (χ2n) is 7.82. The van der Waals surface area contributed by atoms with Crippen LogP contribution in [-0.4, -0.2) is 62.7 Å². The third-order valence-corrected chi connectivity index (χ3v) is 6.12. The Morgan fingerprint density at radius 2 is 1.81 bits per heavy atom. The van der Waals surface area contributed by atoms with Gasteiger partial charge in [0.25, 0.3) is 0 Å². The van der Waals surface area contributed by atoms with Crippen molar-refractivity contribution >= 4 is 16.7 Å². The fraction of sp³-hybridized carbons (Fsp3) is 0.500. The van der Waals surface area contributed by atoms with E-state index >= 15 is 0 Å². The number of fused-ring (bicyclic) bond motifs is 1. The van der Waals surface area contributed by atoms with Gasteiger partial charge in [-0.05, 0) is 53.9 Å². The Morgan fingerprint density at radius 3 is 2.63 bits per heavy atom. The van der Waals surface area contributed by atoms with Gasteiger partial charge in [0, 0.05) is 33.3 Å². The van der Waals surface area contributed by atoms with E-state index in [9.17, 15) is 4.79 Å². The van der Waals surface area contributed by atoms with Crippen LogP contribution in [0.2, 0.25) is 0 Å². The molecule has 1 spiro atoms. The summed E-state index contributed by atoms with van der Waals surface area (Å²) in [6.45, 7) is 4.96. The van der Waals surface area contributed by atoms with Gasteiger partial charge in [0.05, 0.1) is 19.1 Å². The molecular weight excluding hydrogens is 340 g/mol. The van der Waals surface area contributed by atoms with Crippen LogP contribution in [0.25, 0.3) is 10.8 Å². The smallest absolute Gasteiger partial charge is 0.230 e. The van der Waals surface area contributed by atoms with Crippen molar-refractivity contribution in [3.05, 3.63) is 42.0 Å². The highest BCUT2D eigenvalue weighted by atomic mass is 16.5. The van der Waals surface area contributed by atoms with Crippen molar-refractivity contribution < 1.29 is 14.3 Å². The lowest BCUT2D eigenvalue weighted by Gasteiger charge is -2.23. The van der Waals surface area contributed by atoms with Crippen LogP contribution < -0.4 is 4.74 Å². The Hall–Kier alpha value is -2.11. The Morgan fingerprint density at radius 1 is 1.04 bits per heavy atom. The number of carbonyl (C=O) groups excluding carboxylic acids is 1. The van der Waals surface area contributed by atoms with E-state index in [1.165, 1.54) is 16.3 Å². The molecule has 5 nitrogen and oxygen atoms in total. The molecule has 2 aromatic carbocycles. The first-order chi connectivity index (χ1) is 13.1. The number of hydrogen-bond donors (Lipinski definition) is 0.